The van der Waals surface area contributed by atoms with Crippen LogP contribution in [0.4, 0.5) is 5.69 Å². The Morgan fingerprint density at radius 1 is 0.800 bits per heavy atom. The highest BCUT2D eigenvalue weighted by molar-refractivity contribution is 6.07. The summed E-state index contributed by atoms with van der Waals surface area (Å²) in [6.45, 7) is 0.459. The molecule has 4 aromatic carbocycles. The number of ether oxygens (including phenoxy) is 3. The fourth-order valence-electron chi connectivity index (χ4n) is 3.75. The van der Waals surface area contributed by atoms with Crippen molar-refractivity contribution in [3.63, 3.8) is 0 Å². The molecular weight excluding hydrogens is 442 g/mol. The average Bonchev–Trinajstić information content (AvgIpc) is 2.89. The summed E-state index contributed by atoms with van der Waals surface area (Å²) >= 11 is 0. The number of nitrogens with one attached hydrogen (secondary N) is 1. The van der Waals surface area contributed by atoms with Gasteiger partial charge in [0.2, 0.25) is 0 Å². The normalized spacial score (nSPS) is 10.5. The topological polar surface area (TPSA) is 77.0 Å². The van der Waals surface area contributed by atoms with E-state index < -0.39 is 5.91 Å². The van der Waals surface area contributed by atoms with Gasteiger partial charge in [0, 0.05) is 18.2 Å². The number of amides is 1. The second-order valence-electron chi connectivity index (χ2n) is 7.86. The van der Waals surface area contributed by atoms with Gasteiger partial charge in [-0.1, -0.05) is 42.5 Å². The highest BCUT2D eigenvalue weighted by atomic mass is 16.5. The molecule has 0 spiro atoms. The summed E-state index contributed by atoms with van der Waals surface area (Å²) in [6, 6.07) is 27.4. The molecule has 35 heavy (non-hydrogen) atoms. The van der Waals surface area contributed by atoms with Crippen molar-refractivity contribution in [1.82, 2.24) is 0 Å². The lowest BCUT2D eigenvalue weighted by Gasteiger charge is -2.12. The second kappa shape index (κ2) is 11.1. The molecule has 2 N–H and O–H groups in total. The summed E-state index contributed by atoms with van der Waals surface area (Å²) in [5, 5.41) is 13.2. The maximum atomic E-state index is 13.0. The van der Waals surface area contributed by atoms with E-state index in [1.165, 1.54) is 6.07 Å². The van der Waals surface area contributed by atoms with E-state index in [-0.39, 0.29) is 11.3 Å². The number of rotatable bonds is 9. The molecule has 4 rings (SSSR count). The first-order valence-corrected chi connectivity index (χ1v) is 11.2. The summed E-state index contributed by atoms with van der Waals surface area (Å²) in [5.74, 6) is 1.65. The quantitative estimate of drug-likeness (QED) is 0.317. The fraction of sp³-hybridized carbons (Fsp3) is 0.138. The Morgan fingerprint density at radius 2 is 1.57 bits per heavy atom. The Hall–Kier alpha value is -4.45. The van der Waals surface area contributed by atoms with Crippen molar-refractivity contribution < 1.29 is 24.1 Å². The molecule has 0 radical (unpaired) electrons. The van der Waals surface area contributed by atoms with Crippen molar-refractivity contribution in [2.24, 2.45) is 0 Å². The summed E-state index contributed by atoms with van der Waals surface area (Å²) in [7, 11) is 3.25. The van der Waals surface area contributed by atoms with Crippen LogP contribution in [0.3, 0.4) is 0 Å². The number of anilines is 1. The average molecular weight is 470 g/mol. The molecule has 4 aromatic rings. The first-order valence-electron chi connectivity index (χ1n) is 11.2. The third kappa shape index (κ3) is 5.92. The van der Waals surface area contributed by atoms with Crippen LogP contribution in [0.5, 0.6) is 23.0 Å². The van der Waals surface area contributed by atoms with Gasteiger partial charge in [-0.2, -0.15) is 0 Å². The lowest BCUT2D eigenvalue weighted by molar-refractivity contribution is 0.102. The molecule has 0 aliphatic heterocycles. The van der Waals surface area contributed by atoms with Crippen molar-refractivity contribution in [3.8, 4) is 34.1 Å². The van der Waals surface area contributed by atoms with Gasteiger partial charge < -0.3 is 24.6 Å². The molecule has 0 heterocycles. The predicted octanol–water partition coefficient (Wildman–Crippen LogP) is 5.95. The van der Waals surface area contributed by atoms with E-state index in [0.717, 1.165) is 22.4 Å². The molecule has 1 amide bonds. The van der Waals surface area contributed by atoms with Crippen molar-refractivity contribution in [1.29, 1.82) is 0 Å². The highest BCUT2D eigenvalue weighted by Crippen LogP contribution is 2.29. The molecular formula is C29H27NO5. The van der Waals surface area contributed by atoms with Gasteiger partial charge in [-0.3, -0.25) is 4.79 Å². The zero-order chi connectivity index (χ0) is 24.6. The number of phenols is 1. The van der Waals surface area contributed by atoms with Crippen LogP contribution in [0, 0.1) is 0 Å². The van der Waals surface area contributed by atoms with E-state index in [2.05, 4.69) is 5.32 Å². The van der Waals surface area contributed by atoms with Gasteiger partial charge in [-0.25, -0.2) is 0 Å². The van der Waals surface area contributed by atoms with Gasteiger partial charge >= 0.3 is 0 Å². The maximum Gasteiger partial charge on any atom is 0.259 e. The maximum absolute atomic E-state index is 13.0. The second-order valence-corrected chi connectivity index (χ2v) is 7.86. The largest absolute Gasteiger partial charge is 0.507 e. The summed E-state index contributed by atoms with van der Waals surface area (Å²) in [6.07, 6.45) is 0.686. The Kier molecular flexibility index (Phi) is 7.53. The van der Waals surface area contributed by atoms with Gasteiger partial charge in [0.25, 0.3) is 5.91 Å². The molecule has 0 aromatic heterocycles. The molecule has 0 atom stereocenters. The van der Waals surface area contributed by atoms with E-state index in [1.807, 2.05) is 54.6 Å². The zero-order valence-corrected chi connectivity index (χ0v) is 19.7. The third-order valence-electron chi connectivity index (χ3n) is 5.57. The van der Waals surface area contributed by atoms with Gasteiger partial charge in [-0.05, 0) is 59.2 Å². The van der Waals surface area contributed by atoms with E-state index in [4.69, 9.17) is 14.2 Å². The van der Waals surface area contributed by atoms with Crippen molar-refractivity contribution in [2.75, 3.05) is 26.1 Å². The Morgan fingerprint density at radius 3 is 2.40 bits per heavy atom. The molecule has 0 saturated carbocycles. The van der Waals surface area contributed by atoms with Gasteiger partial charge in [-0.15, -0.1) is 0 Å². The molecule has 0 fully saturated rings. The number of para-hydroxylation sites is 1. The molecule has 178 valence electrons. The number of hydrogen-bond donors (Lipinski definition) is 2. The van der Waals surface area contributed by atoms with Crippen molar-refractivity contribution in [2.45, 2.75) is 6.42 Å². The monoisotopic (exact) mass is 469 g/mol. The first-order chi connectivity index (χ1) is 17.1. The van der Waals surface area contributed by atoms with Gasteiger partial charge in [0.15, 0.2) is 0 Å². The predicted molar refractivity (Wildman–Crippen MR) is 137 cm³/mol. The molecule has 0 aliphatic rings. The smallest absolute Gasteiger partial charge is 0.259 e. The summed E-state index contributed by atoms with van der Waals surface area (Å²) in [4.78, 5) is 13.0. The van der Waals surface area contributed by atoms with E-state index in [9.17, 15) is 9.90 Å². The Balaban J connectivity index is 1.44. The van der Waals surface area contributed by atoms with Gasteiger partial charge in [0.1, 0.15) is 23.0 Å². The van der Waals surface area contributed by atoms with Crippen LogP contribution in [0.2, 0.25) is 0 Å². The number of methoxy groups -OCH3 is 2. The molecule has 0 saturated heterocycles. The molecule has 6 heteroatoms. The van der Waals surface area contributed by atoms with Crippen molar-refractivity contribution >= 4 is 11.6 Å². The van der Waals surface area contributed by atoms with E-state index in [1.54, 1.807) is 44.6 Å². The number of carbonyl (C=O) groups excluding carboxylic acids is 1. The third-order valence-corrected chi connectivity index (χ3v) is 5.57. The zero-order valence-electron chi connectivity index (χ0n) is 19.7. The lowest BCUT2D eigenvalue weighted by Crippen LogP contribution is -2.12. The minimum atomic E-state index is -0.418. The number of phenolic OH excluding ortho intramolecular Hbond substituents is 1. The fourth-order valence-corrected chi connectivity index (χ4v) is 3.75. The van der Waals surface area contributed by atoms with E-state index in [0.29, 0.717) is 30.2 Å². The van der Waals surface area contributed by atoms with Crippen LogP contribution >= 0.6 is 0 Å². The summed E-state index contributed by atoms with van der Waals surface area (Å²) < 4.78 is 16.6. The highest BCUT2D eigenvalue weighted by Gasteiger charge is 2.14. The molecule has 6 nitrogen and oxygen atoms in total. The Labute approximate surface area is 204 Å². The lowest BCUT2D eigenvalue weighted by atomic mass is 10.0. The standard InChI is InChI=1S/C29H27NO5/c1-33-24-10-5-8-21(17-24)22-13-14-27(31)26(18-22)29(32)30-23-9-6-11-25(19-23)35-16-15-20-7-3-4-12-28(20)34-2/h3-14,17-19,31H,15-16H2,1-2H3,(H,30,32). The van der Waals surface area contributed by atoms with Crippen LogP contribution in [0.15, 0.2) is 91.0 Å². The minimum Gasteiger partial charge on any atom is -0.507 e. The van der Waals surface area contributed by atoms with Crippen molar-refractivity contribution in [3.05, 3.63) is 102 Å². The number of aromatic hydroxyl groups is 1. The molecule has 0 aliphatic carbocycles. The van der Waals surface area contributed by atoms with Crippen LogP contribution < -0.4 is 19.5 Å². The molecule has 0 bridgehead atoms. The Bertz CT molecular complexity index is 1320. The van der Waals surface area contributed by atoms with E-state index >= 15 is 0 Å². The first kappa shape index (κ1) is 23.7. The minimum absolute atomic E-state index is 0.0987. The van der Waals surface area contributed by atoms with Gasteiger partial charge in [0.05, 0.1) is 26.4 Å². The number of hydrogen-bond acceptors (Lipinski definition) is 5. The number of benzene rings is 4. The van der Waals surface area contributed by atoms with Crippen LogP contribution in [-0.2, 0) is 6.42 Å². The summed E-state index contributed by atoms with van der Waals surface area (Å²) in [5.41, 5.74) is 3.47. The SMILES string of the molecule is COc1cccc(-c2ccc(O)c(C(=O)Nc3cccc(OCCc4ccccc4OC)c3)c2)c1. The van der Waals surface area contributed by atoms with Crippen LogP contribution in [-0.4, -0.2) is 31.8 Å². The molecule has 0 unspecified atom stereocenters. The number of carbonyl (C=O) groups is 1. The van der Waals surface area contributed by atoms with Crippen LogP contribution in [0.1, 0.15) is 15.9 Å². The van der Waals surface area contributed by atoms with Crippen LogP contribution in [0.25, 0.3) is 11.1 Å².